The molecule has 0 saturated carbocycles. The summed E-state index contributed by atoms with van der Waals surface area (Å²) in [6, 6.07) is 17.6. The lowest BCUT2D eigenvalue weighted by Gasteiger charge is -2.25. The molecule has 0 spiro atoms. The Morgan fingerprint density at radius 3 is 2.14 bits per heavy atom. The number of primary amides is 1. The summed E-state index contributed by atoms with van der Waals surface area (Å²) in [6.07, 6.45) is 4.85. The number of nitrogens with one attached hydrogen (secondary N) is 3. The van der Waals surface area contributed by atoms with Gasteiger partial charge in [0, 0.05) is 24.9 Å². The Morgan fingerprint density at radius 1 is 0.884 bits per heavy atom. The highest BCUT2D eigenvalue weighted by Gasteiger charge is 2.29. The molecular weight excluding hydrogens is 550 g/mol. The highest BCUT2D eigenvalue weighted by molar-refractivity contribution is 5.91. The fourth-order valence-corrected chi connectivity index (χ4v) is 4.26. The maximum atomic E-state index is 13.6. The molecule has 0 radical (unpaired) electrons. The largest absolute Gasteiger partial charge is 0.445 e. The number of ether oxygens (including phenoxy) is 1. The summed E-state index contributed by atoms with van der Waals surface area (Å²) in [6.45, 7) is 3.90. The van der Waals surface area contributed by atoms with Crippen molar-refractivity contribution in [2.75, 3.05) is 0 Å². The van der Waals surface area contributed by atoms with Crippen molar-refractivity contribution >= 4 is 29.9 Å². The standard InChI is InChI=1S/C32H39N5O6/c1-22(2)19-27(37-32(41)42-21-24-11-7-4-8-12-24)31(40)36-28(20-23-9-5-3-6-10-23)30(39)35-25(14-16-29(33)38)13-15-26-17-18-34-43-26/h3-13,15,17-18,22,25,27-28H,14,16,19-21H2,1-2H3,(H2,33,38)(H,35,39)(H,36,40)(H,37,41)/t25-,27+,28+/m1/s1. The second kappa shape index (κ2) is 17.1. The van der Waals surface area contributed by atoms with E-state index in [0.717, 1.165) is 11.1 Å². The maximum absolute atomic E-state index is 13.6. The Labute approximate surface area is 251 Å². The van der Waals surface area contributed by atoms with Gasteiger partial charge in [0.15, 0.2) is 5.76 Å². The zero-order valence-corrected chi connectivity index (χ0v) is 24.4. The van der Waals surface area contributed by atoms with Gasteiger partial charge in [0.05, 0.1) is 6.20 Å². The van der Waals surface area contributed by atoms with E-state index in [4.69, 9.17) is 15.0 Å². The molecule has 5 N–H and O–H groups in total. The summed E-state index contributed by atoms with van der Waals surface area (Å²) in [4.78, 5) is 51.2. The quantitative estimate of drug-likeness (QED) is 0.198. The fourth-order valence-electron chi connectivity index (χ4n) is 4.26. The molecule has 0 fully saturated rings. The molecule has 3 rings (SSSR count). The fraction of sp³-hybridized carbons (Fsp3) is 0.344. The van der Waals surface area contributed by atoms with Crippen LogP contribution in [0.2, 0.25) is 0 Å². The molecule has 3 atom stereocenters. The minimum absolute atomic E-state index is 0.0346. The number of nitrogens with zero attached hydrogens (tertiary/aromatic N) is 1. The van der Waals surface area contributed by atoms with E-state index in [1.807, 2.05) is 74.5 Å². The minimum atomic E-state index is -0.985. The molecule has 1 heterocycles. The van der Waals surface area contributed by atoms with Gasteiger partial charge in [-0.05, 0) is 36.0 Å². The van der Waals surface area contributed by atoms with E-state index in [9.17, 15) is 19.2 Å². The van der Waals surface area contributed by atoms with Gasteiger partial charge in [-0.15, -0.1) is 0 Å². The predicted molar refractivity (Wildman–Crippen MR) is 161 cm³/mol. The smallest absolute Gasteiger partial charge is 0.408 e. The summed E-state index contributed by atoms with van der Waals surface area (Å²) in [5.41, 5.74) is 6.99. The number of benzene rings is 2. The molecule has 3 aromatic rings. The summed E-state index contributed by atoms with van der Waals surface area (Å²) < 4.78 is 10.4. The first-order valence-electron chi connectivity index (χ1n) is 14.2. The van der Waals surface area contributed by atoms with Crippen molar-refractivity contribution in [1.29, 1.82) is 0 Å². The third-order valence-electron chi connectivity index (χ3n) is 6.42. The van der Waals surface area contributed by atoms with Crippen LogP contribution in [0.4, 0.5) is 4.79 Å². The van der Waals surface area contributed by atoms with Crippen LogP contribution < -0.4 is 21.7 Å². The molecule has 11 nitrogen and oxygen atoms in total. The first-order chi connectivity index (χ1) is 20.7. The van der Waals surface area contributed by atoms with Crippen molar-refractivity contribution < 1.29 is 28.4 Å². The summed E-state index contributed by atoms with van der Waals surface area (Å²) in [5, 5.41) is 12.0. The Kier molecular flexibility index (Phi) is 13.0. The summed E-state index contributed by atoms with van der Waals surface area (Å²) >= 11 is 0. The first-order valence-corrected chi connectivity index (χ1v) is 14.2. The minimum Gasteiger partial charge on any atom is -0.445 e. The van der Waals surface area contributed by atoms with Gasteiger partial charge in [0.2, 0.25) is 17.7 Å². The number of hydrogen-bond donors (Lipinski definition) is 4. The zero-order valence-electron chi connectivity index (χ0n) is 24.4. The van der Waals surface area contributed by atoms with Crippen LogP contribution in [0.15, 0.2) is 83.5 Å². The molecule has 43 heavy (non-hydrogen) atoms. The van der Waals surface area contributed by atoms with E-state index in [2.05, 4.69) is 21.1 Å². The molecule has 2 aromatic carbocycles. The van der Waals surface area contributed by atoms with Gasteiger partial charge in [-0.1, -0.05) is 85.7 Å². The third kappa shape index (κ3) is 12.2. The van der Waals surface area contributed by atoms with Crippen LogP contribution >= 0.6 is 0 Å². The van der Waals surface area contributed by atoms with Crippen molar-refractivity contribution in [2.45, 2.75) is 64.3 Å². The number of alkyl carbamates (subject to hydrolysis) is 1. The van der Waals surface area contributed by atoms with Crippen molar-refractivity contribution in [1.82, 2.24) is 21.1 Å². The van der Waals surface area contributed by atoms with Crippen LogP contribution in [0.3, 0.4) is 0 Å². The molecule has 4 amide bonds. The number of rotatable bonds is 16. The molecular formula is C32H39N5O6. The SMILES string of the molecule is CC(C)C[C@H](NC(=O)OCc1ccccc1)C(=O)N[C@@H](Cc1ccccc1)C(=O)N[C@H](C=Cc1ccno1)CCC(N)=O. The number of amides is 4. The Bertz CT molecular complexity index is 1330. The van der Waals surface area contributed by atoms with Crippen LogP contribution in [0.1, 0.15) is 50.0 Å². The van der Waals surface area contributed by atoms with Crippen LogP contribution in [-0.4, -0.2) is 47.1 Å². The highest BCUT2D eigenvalue weighted by atomic mass is 16.5. The first kappa shape index (κ1) is 32.6. The predicted octanol–water partition coefficient (Wildman–Crippen LogP) is 3.51. The van der Waals surface area contributed by atoms with Crippen LogP contribution in [0, 0.1) is 5.92 Å². The lowest BCUT2D eigenvalue weighted by atomic mass is 10.0. The Morgan fingerprint density at radius 2 is 1.53 bits per heavy atom. The molecule has 0 unspecified atom stereocenters. The molecule has 0 bridgehead atoms. The average Bonchev–Trinajstić information content (AvgIpc) is 3.51. The van der Waals surface area contributed by atoms with Gasteiger partial charge in [0.1, 0.15) is 18.7 Å². The number of carbonyl (C=O) groups excluding carboxylic acids is 4. The highest BCUT2D eigenvalue weighted by Crippen LogP contribution is 2.11. The van der Waals surface area contributed by atoms with E-state index in [-0.39, 0.29) is 31.8 Å². The van der Waals surface area contributed by atoms with E-state index < -0.39 is 41.9 Å². The topological polar surface area (TPSA) is 166 Å². The molecule has 1 aromatic heterocycles. The Balaban J connectivity index is 1.74. The maximum Gasteiger partial charge on any atom is 0.408 e. The monoisotopic (exact) mass is 589 g/mol. The van der Waals surface area contributed by atoms with E-state index in [1.165, 1.54) is 6.20 Å². The van der Waals surface area contributed by atoms with Crippen molar-refractivity contribution in [3.05, 3.63) is 95.9 Å². The normalized spacial score (nSPS) is 13.2. The van der Waals surface area contributed by atoms with E-state index >= 15 is 0 Å². The molecule has 0 saturated heterocycles. The van der Waals surface area contributed by atoms with Crippen LogP contribution in [0.5, 0.6) is 0 Å². The molecule has 228 valence electrons. The van der Waals surface area contributed by atoms with Crippen LogP contribution in [-0.2, 0) is 32.1 Å². The number of aromatic nitrogens is 1. The Hall–Kier alpha value is -4.93. The molecule has 11 heteroatoms. The number of carbonyl (C=O) groups is 4. The second-order valence-electron chi connectivity index (χ2n) is 10.5. The van der Waals surface area contributed by atoms with Crippen molar-refractivity contribution in [3.8, 4) is 0 Å². The third-order valence-corrected chi connectivity index (χ3v) is 6.42. The van der Waals surface area contributed by atoms with E-state index in [1.54, 1.807) is 18.2 Å². The van der Waals surface area contributed by atoms with Gasteiger partial charge in [-0.3, -0.25) is 14.4 Å². The van der Waals surface area contributed by atoms with E-state index in [0.29, 0.717) is 12.2 Å². The summed E-state index contributed by atoms with van der Waals surface area (Å²) in [5.74, 6) is -0.973. The van der Waals surface area contributed by atoms with Gasteiger partial charge in [0.25, 0.3) is 0 Å². The molecule has 0 aliphatic heterocycles. The zero-order chi connectivity index (χ0) is 31.0. The van der Waals surface area contributed by atoms with Crippen LogP contribution in [0.25, 0.3) is 6.08 Å². The van der Waals surface area contributed by atoms with Gasteiger partial charge >= 0.3 is 6.09 Å². The lowest BCUT2D eigenvalue weighted by Crippen LogP contribution is -2.55. The molecule has 0 aliphatic rings. The second-order valence-corrected chi connectivity index (χ2v) is 10.5. The summed E-state index contributed by atoms with van der Waals surface area (Å²) in [7, 11) is 0. The number of nitrogens with two attached hydrogens (primary N) is 1. The lowest BCUT2D eigenvalue weighted by molar-refractivity contribution is -0.130. The van der Waals surface area contributed by atoms with Gasteiger partial charge in [-0.2, -0.15) is 0 Å². The van der Waals surface area contributed by atoms with Crippen molar-refractivity contribution in [3.63, 3.8) is 0 Å². The number of hydrogen-bond acceptors (Lipinski definition) is 7. The van der Waals surface area contributed by atoms with Gasteiger partial charge < -0.3 is 30.9 Å². The molecule has 0 aliphatic carbocycles. The average molecular weight is 590 g/mol. The van der Waals surface area contributed by atoms with Crippen molar-refractivity contribution in [2.24, 2.45) is 11.7 Å². The van der Waals surface area contributed by atoms with Gasteiger partial charge in [-0.25, -0.2) is 4.79 Å².